The number of hydrogen-bond donors (Lipinski definition) is 1. The van der Waals surface area contributed by atoms with Crippen LogP contribution >= 0.6 is 0 Å². The standard InChI is InChI=1S/C12H21N3O/c1-12(16)5-3-6-15(10-12)7-4-11-8-13-14(2)9-11/h8-9,16H,3-7,10H2,1-2H3. The number of nitrogens with zero attached hydrogens (tertiary/aromatic N) is 3. The van der Waals surface area contributed by atoms with Crippen molar-refractivity contribution in [2.24, 2.45) is 7.05 Å². The van der Waals surface area contributed by atoms with Crippen LogP contribution in [0.3, 0.4) is 0 Å². The second-order valence-corrected chi connectivity index (χ2v) is 5.15. The first kappa shape index (κ1) is 11.6. The summed E-state index contributed by atoms with van der Waals surface area (Å²) in [5.74, 6) is 0. The summed E-state index contributed by atoms with van der Waals surface area (Å²) in [4.78, 5) is 2.34. The molecule has 1 aromatic rings. The largest absolute Gasteiger partial charge is 0.389 e. The molecule has 1 atom stereocenters. The number of hydrogen-bond acceptors (Lipinski definition) is 3. The summed E-state index contributed by atoms with van der Waals surface area (Å²) in [6.45, 7) is 4.86. The van der Waals surface area contributed by atoms with Crippen LogP contribution in [-0.2, 0) is 13.5 Å². The van der Waals surface area contributed by atoms with Gasteiger partial charge < -0.3 is 10.0 Å². The molecule has 1 aliphatic heterocycles. The van der Waals surface area contributed by atoms with Crippen molar-refractivity contribution in [1.82, 2.24) is 14.7 Å². The predicted molar refractivity (Wildman–Crippen MR) is 63.2 cm³/mol. The molecule has 2 rings (SSSR count). The third-order valence-corrected chi connectivity index (χ3v) is 3.23. The molecule has 4 nitrogen and oxygen atoms in total. The zero-order valence-corrected chi connectivity index (χ0v) is 10.2. The van der Waals surface area contributed by atoms with Gasteiger partial charge in [-0.25, -0.2) is 0 Å². The van der Waals surface area contributed by atoms with Crippen molar-refractivity contribution in [3.8, 4) is 0 Å². The van der Waals surface area contributed by atoms with E-state index in [4.69, 9.17) is 0 Å². The molecule has 0 radical (unpaired) electrons. The first-order valence-corrected chi connectivity index (χ1v) is 5.97. The van der Waals surface area contributed by atoms with Gasteiger partial charge in [-0.3, -0.25) is 4.68 Å². The van der Waals surface area contributed by atoms with E-state index < -0.39 is 5.60 Å². The van der Waals surface area contributed by atoms with Crippen molar-refractivity contribution in [1.29, 1.82) is 0 Å². The Balaban J connectivity index is 1.82. The Morgan fingerprint density at radius 2 is 2.38 bits per heavy atom. The highest BCUT2D eigenvalue weighted by atomic mass is 16.3. The summed E-state index contributed by atoms with van der Waals surface area (Å²) in [7, 11) is 1.94. The Morgan fingerprint density at radius 1 is 1.56 bits per heavy atom. The zero-order valence-electron chi connectivity index (χ0n) is 10.2. The first-order valence-electron chi connectivity index (χ1n) is 5.97. The first-order chi connectivity index (χ1) is 7.55. The van der Waals surface area contributed by atoms with Crippen LogP contribution in [0.15, 0.2) is 12.4 Å². The van der Waals surface area contributed by atoms with E-state index in [9.17, 15) is 5.11 Å². The molecule has 1 saturated heterocycles. The summed E-state index contributed by atoms with van der Waals surface area (Å²) in [5.41, 5.74) is 0.778. The van der Waals surface area contributed by atoms with Crippen molar-refractivity contribution >= 4 is 0 Å². The fraction of sp³-hybridized carbons (Fsp3) is 0.750. The number of likely N-dealkylation sites (tertiary alicyclic amines) is 1. The smallest absolute Gasteiger partial charge is 0.0746 e. The lowest BCUT2D eigenvalue weighted by atomic mass is 9.95. The summed E-state index contributed by atoms with van der Waals surface area (Å²) in [6, 6.07) is 0. The summed E-state index contributed by atoms with van der Waals surface area (Å²) >= 11 is 0. The molecule has 1 aromatic heterocycles. The Bertz CT molecular complexity index is 346. The number of β-amino-alcohol motifs (C(OH)–C–C–N with tert-alkyl or cyclic N) is 1. The average molecular weight is 223 g/mol. The maximum Gasteiger partial charge on any atom is 0.0746 e. The Kier molecular flexibility index (Phi) is 3.30. The van der Waals surface area contributed by atoms with Crippen molar-refractivity contribution in [3.63, 3.8) is 0 Å². The van der Waals surface area contributed by atoms with Crippen LogP contribution in [-0.4, -0.2) is 45.0 Å². The van der Waals surface area contributed by atoms with Crippen LogP contribution in [0.4, 0.5) is 0 Å². The predicted octanol–water partition coefficient (Wildman–Crippen LogP) is 0.809. The minimum Gasteiger partial charge on any atom is -0.389 e. The van der Waals surface area contributed by atoms with Gasteiger partial charge in [0.05, 0.1) is 11.8 Å². The molecule has 1 fully saturated rings. The van der Waals surface area contributed by atoms with E-state index in [1.165, 1.54) is 5.56 Å². The lowest BCUT2D eigenvalue weighted by Crippen LogP contribution is -2.46. The minimum atomic E-state index is -0.493. The minimum absolute atomic E-state index is 0.493. The number of aryl methyl sites for hydroxylation is 1. The zero-order chi connectivity index (χ0) is 11.6. The SMILES string of the molecule is Cn1cc(CCN2CCCC(C)(O)C2)cn1. The number of aromatic nitrogens is 2. The number of aliphatic hydroxyl groups is 1. The molecular formula is C12H21N3O. The van der Waals surface area contributed by atoms with Gasteiger partial charge in [0.25, 0.3) is 0 Å². The van der Waals surface area contributed by atoms with Crippen LogP contribution in [0.2, 0.25) is 0 Å². The van der Waals surface area contributed by atoms with Gasteiger partial charge in [-0.2, -0.15) is 5.10 Å². The highest BCUT2D eigenvalue weighted by molar-refractivity contribution is 5.04. The lowest BCUT2D eigenvalue weighted by Gasteiger charge is -2.36. The van der Waals surface area contributed by atoms with E-state index in [0.29, 0.717) is 0 Å². The monoisotopic (exact) mass is 223 g/mol. The maximum atomic E-state index is 9.99. The highest BCUT2D eigenvalue weighted by Crippen LogP contribution is 2.20. The maximum absolute atomic E-state index is 9.99. The fourth-order valence-electron chi connectivity index (χ4n) is 2.40. The van der Waals surface area contributed by atoms with Gasteiger partial charge in [-0.15, -0.1) is 0 Å². The molecule has 0 saturated carbocycles. The van der Waals surface area contributed by atoms with E-state index >= 15 is 0 Å². The summed E-state index contributed by atoms with van der Waals surface area (Å²) in [6.07, 6.45) is 7.02. The Labute approximate surface area is 96.9 Å². The molecule has 0 bridgehead atoms. The van der Waals surface area contributed by atoms with E-state index in [0.717, 1.165) is 38.9 Å². The third-order valence-electron chi connectivity index (χ3n) is 3.23. The molecule has 0 spiro atoms. The van der Waals surface area contributed by atoms with Crippen molar-refractivity contribution in [2.45, 2.75) is 31.8 Å². The highest BCUT2D eigenvalue weighted by Gasteiger charge is 2.27. The van der Waals surface area contributed by atoms with Crippen LogP contribution < -0.4 is 0 Å². The van der Waals surface area contributed by atoms with Gasteiger partial charge >= 0.3 is 0 Å². The quantitative estimate of drug-likeness (QED) is 0.824. The molecule has 0 aromatic carbocycles. The topological polar surface area (TPSA) is 41.3 Å². The van der Waals surface area contributed by atoms with Gasteiger partial charge in [0.15, 0.2) is 0 Å². The van der Waals surface area contributed by atoms with Crippen LogP contribution in [0.1, 0.15) is 25.3 Å². The Hall–Kier alpha value is -0.870. The Morgan fingerprint density at radius 3 is 3.00 bits per heavy atom. The average Bonchev–Trinajstić information content (AvgIpc) is 2.60. The van der Waals surface area contributed by atoms with Crippen LogP contribution in [0.25, 0.3) is 0 Å². The van der Waals surface area contributed by atoms with Crippen molar-refractivity contribution < 1.29 is 5.11 Å². The second kappa shape index (κ2) is 4.55. The lowest BCUT2D eigenvalue weighted by molar-refractivity contribution is -0.0150. The molecule has 0 amide bonds. The number of rotatable bonds is 3. The summed E-state index contributed by atoms with van der Waals surface area (Å²) in [5, 5.41) is 14.1. The van der Waals surface area contributed by atoms with E-state index in [1.54, 1.807) is 0 Å². The molecule has 4 heteroatoms. The van der Waals surface area contributed by atoms with Crippen LogP contribution in [0, 0.1) is 0 Å². The molecular weight excluding hydrogens is 202 g/mol. The van der Waals surface area contributed by atoms with E-state index in [-0.39, 0.29) is 0 Å². The van der Waals surface area contributed by atoms with Crippen LogP contribution in [0.5, 0.6) is 0 Å². The molecule has 1 N–H and O–H groups in total. The third kappa shape index (κ3) is 3.06. The van der Waals surface area contributed by atoms with Gasteiger partial charge in [-0.05, 0) is 38.3 Å². The number of piperidine rings is 1. The van der Waals surface area contributed by atoms with Gasteiger partial charge in [0.1, 0.15) is 0 Å². The normalized spacial score (nSPS) is 27.2. The van der Waals surface area contributed by atoms with Gasteiger partial charge in [0, 0.05) is 26.3 Å². The molecule has 1 aliphatic rings. The summed E-state index contributed by atoms with van der Waals surface area (Å²) < 4.78 is 1.84. The van der Waals surface area contributed by atoms with E-state index in [1.807, 2.05) is 24.9 Å². The second-order valence-electron chi connectivity index (χ2n) is 5.15. The van der Waals surface area contributed by atoms with Crippen molar-refractivity contribution in [2.75, 3.05) is 19.6 Å². The molecule has 2 heterocycles. The van der Waals surface area contributed by atoms with Crippen molar-refractivity contribution in [3.05, 3.63) is 18.0 Å². The fourth-order valence-corrected chi connectivity index (χ4v) is 2.40. The molecule has 16 heavy (non-hydrogen) atoms. The van der Waals surface area contributed by atoms with Gasteiger partial charge in [-0.1, -0.05) is 0 Å². The van der Waals surface area contributed by atoms with Gasteiger partial charge in [0.2, 0.25) is 0 Å². The van der Waals surface area contributed by atoms with E-state index in [2.05, 4.69) is 16.2 Å². The molecule has 0 aliphatic carbocycles. The molecule has 90 valence electrons. The molecule has 1 unspecified atom stereocenters.